The molecule has 0 radical (unpaired) electrons. The normalized spacial score (nSPS) is 12.4. The zero-order chi connectivity index (χ0) is 12.3. The quantitative estimate of drug-likeness (QED) is 0.812. The molecule has 0 spiro atoms. The lowest BCUT2D eigenvalue weighted by atomic mass is 10.1. The van der Waals surface area contributed by atoms with Gasteiger partial charge in [-0.05, 0) is 0 Å². The average Bonchev–Trinajstić information content (AvgIpc) is 2.95. The number of amides is 1. The number of hydrogen-bond acceptors (Lipinski definition) is 5. The highest BCUT2D eigenvalue weighted by atomic mass is 32.1. The summed E-state index contributed by atoms with van der Waals surface area (Å²) in [6.07, 6.45) is 3.32. The van der Waals surface area contributed by atoms with E-state index < -0.39 is 6.04 Å². The van der Waals surface area contributed by atoms with E-state index in [1.54, 1.807) is 29.6 Å². The Balaban J connectivity index is 1.91. The topological polar surface area (TPSA) is 85.8 Å². The Hall–Kier alpha value is -1.73. The molecular formula is C10H13N5OS. The van der Waals surface area contributed by atoms with Crippen LogP contribution in [0.4, 0.5) is 0 Å². The number of carbonyl (C=O) groups excluding carboxylic acids is 1. The van der Waals surface area contributed by atoms with Gasteiger partial charge in [-0.3, -0.25) is 9.48 Å². The molecule has 2 aromatic rings. The number of aromatic nitrogens is 3. The Morgan fingerprint density at radius 3 is 3.12 bits per heavy atom. The fourth-order valence-corrected chi connectivity index (χ4v) is 1.92. The van der Waals surface area contributed by atoms with E-state index in [-0.39, 0.29) is 5.91 Å². The summed E-state index contributed by atoms with van der Waals surface area (Å²) in [5.74, 6) is -0.231. The molecule has 0 aromatic carbocycles. The second-order valence-corrected chi connectivity index (χ2v) is 4.34. The molecule has 1 amide bonds. The molecule has 2 aromatic heterocycles. The highest BCUT2D eigenvalue weighted by Gasteiger charge is 2.16. The Kier molecular flexibility index (Phi) is 3.50. The van der Waals surface area contributed by atoms with Crippen LogP contribution in [0.15, 0.2) is 23.3 Å². The summed E-state index contributed by atoms with van der Waals surface area (Å²) < 4.78 is 1.61. The van der Waals surface area contributed by atoms with Crippen molar-refractivity contribution < 1.29 is 4.79 Å². The van der Waals surface area contributed by atoms with Crippen LogP contribution in [0.3, 0.4) is 0 Å². The molecule has 2 heterocycles. The van der Waals surface area contributed by atoms with Crippen LogP contribution < -0.4 is 11.1 Å². The minimum absolute atomic E-state index is 0.231. The maximum Gasteiger partial charge on any atom is 0.241 e. The molecule has 0 saturated heterocycles. The molecule has 0 bridgehead atoms. The van der Waals surface area contributed by atoms with E-state index in [4.69, 9.17) is 5.73 Å². The highest BCUT2D eigenvalue weighted by molar-refractivity contribution is 7.07. The van der Waals surface area contributed by atoms with Crippen molar-refractivity contribution >= 4 is 17.2 Å². The van der Waals surface area contributed by atoms with Gasteiger partial charge >= 0.3 is 0 Å². The maximum atomic E-state index is 11.8. The molecule has 0 aliphatic heterocycles. The molecule has 90 valence electrons. The van der Waals surface area contributed by atoms with E-state index in [9.17, 15) is 4.79 Å². The van der Waals surface area contributed by atoms with Gasteiger partial charge in [0.1, 0.15) is 6.04 Å². The number of thiazole rings is 1. The number of carbonyl (C=O) groups is 1. The molecule has 6 nitrogen and oxygen atoms in total. The molecule has 3 N–H and O–H groups in total. The van der Waals surface area contributed by atoms with Gasteiger partial charge in [-0.15, -0.1) is 11.3 Å². The lowest BCUT2D eigenvalue weighted by Crippen LogP contribution is -2.33. The fourth-order valence-electron chi connectivity index (χ4n) is 1.36. The van der Waals surface area contributed by atoms with Crippen molar-refractivity contribution in [3.63, 3.8) is 0 Å². The number of hydrogen-bond donors (Lipinski definition) is 2. The van der Waals surface area contributed by atoms with Crippen LogP contribution in [0.1, 0.15) is 17.3 Å². The first-order valence-corrected chi connectivity index (χ1v) is 6.00. The zero-order valence-corrected chi connectivity index (χ0v) is 10.1. The second-order valence-electron chi connectivity index (χ2n) is 3.62. The Morgan fingerprint density at radius 1 is 1.71 bits per heavy atom. The summed E-state index contributed by atoms with van der Waals surface area (Å²) in [4.78, 5) is 15.8. The van der Waals surface area contributed by atoms with Crippen LogP contribution in [-0.2, 0) is 18.4 Å². The van der Waals surface area contributed by atoms with E-state index in [2.05, 4.69) is 15.4 Å². The molecular weight excluding hydrogens is 238 g/mol. The summed E-state index contributed by atoms with van der Waals surface area (Å²) in [6.45, 7) is 0.399. The monoisotopic (exact) mass is 251 g/mol. The first-order valence-electron chi connectivity index (χ1n) is 5.05. The van der Waals surface area contributed by atoms with Crippen LogP contribution in [0, 0.1) is 0 Å². The number of aryl methyl sites for hydroxylation is 1. The standard InChI is InChI=1S/C10H13N5OS/c1-15-4-7(2-14-15)9(11)10(16)12-3-8-5-17-6-13-8/h2,4-6,9H,3,11H2,1H3,(H,12,16). The van der Waals surface area contributed by atoms with Crippen LogP contribution >= 0.6 is 11.3 Å². The molecule has 0 fully saturated rings. The van der Waals surface area contributed by atoms with Gasteiger partial charge in [-0.2, -0.15) is 5.10 Å². The van der Waals surface area contributed by atoms with Gasteiger partial charge in [-0.25, -0.2) is 4.98 Å². The van der Waals surface area contributed by atoms with Crippen molar-refractivity contribution in [3.05, 3.63) is 34.5 Å². The Labute approximate surface area is 102 Å². The summed E-state index contributed by atoms with van der Waals surface area (Å²) >= 11 is 1.49. The van der Waals surface area contributed by atoms with Gasteiger partial charge in [-0.1, -0.05) is 0 Å². The third kappa shape index (κ3) is 2.89. The first kappa shape index (κ1) is 11.7. The van der Waals surface area contributed by atoms with Crippen molar-refractivity contribution in [2.45, 2.75) is 12.6 Å². The molecule has 0 aliphatic carbocycles. The average molecular weight is 251 g/mol. The van der Waals surface area contributed by atoms with E-state index >= 15 is 0 Å². The van der Waals surface area contributed by atoms with Crippen LogP contribution in [-0.4, -0.2) is 20.7 Å². The number of rotatable bonds is 4. The van der Waals surface area contributed by atoms with Crippen LogP contribution in [0.25, 0.3) is 0 Å². The minimum atomic E-state index is -0.692. The van der Waals surface area contributed by atoms with E-state index in [1.165, 1.54) is 11.3 Å². The largest absolute Gasteiger partial charge is 0.349 e. The Morgan fingerprint density at radius 2 is 2.53 bits per heavy atom. The summed E-state index contributed by atoms with van der Waals surface area (Å²) in [5.41, 5.74) is 9.07. The second kappa shape index (κ2) is 5.07. The van der Waals surface area contributed by atoms with Gasteiger partial charge < -0.3 is 11.1 Å². The molecule has 7 heteroatoms. The van der Waals surface area contributed by atoms with Gasteiger partial charge in [0.15, 0.2) is 0 Å². The lowest BCUT2D eigenvalue weighted by Gasteiger charge is -2.09. The van der Waals surface area contributed by atoms with Crippen LogP contribution in [0.5, 0.6) is 0 Å². The lowest BCUT2D eigenvalue weighted by molar-refractivity contribution is -0.122. The summed E-state index contributed by atoms with van der Waals surface area (Å²) in [5, 5.41) is 8.60. The summed E-state index contributed by atoms with van der Waals surface area (Å²) in [7, 11) is 1.78. The highest BCUT2D eigenvalue weighted by Crippen LogP contribution is 2.08. The molecule has 1 atom stereocenters. The maximum absolute atomic E-state index is 11.8. The molecule has 0 aliphatic rings. The van der Waals surface area contributed by atoms with Gasteiger partial charge in [0.05, 0.1) is 23.9 Å². The van der Waals surface area contributed by atoms with E-state index in [0.29, 0.717) is 12.1 Å². The molecule has 17 heavy (non-hydrogen) atoms. The third-order valence-electron chi connectivity index (χ3n) is 2.29. The predicted octanol–water partition coefficient (Wildman–Crippen LogP) is 0.193. The number of nitrogens with one attached hydrogen (secondary N) is 1. The van der Waals surface area contributed by atoms with Crippen molar-refractivity contribution in [1.29, 1.82) is 0 Å². The van der Waals surface area contributed by atoms with Gasteiger partial charge in [0, 0.05) is 24.2 Å². The van der Waals surface area contributed by atoms with Crippen molar-refractivity contribution in [3.8, 4) is 0 Å². The first-order chi connectivity index (χ1) is 8.16. The molecule has 1 unspecified atom stereocenters. The summed E-state index contributed by atoms with van der Waals surface area (Å²) in [6, 6.07) is -0.692. The minimum Gasteiger partial charge on any atom is -0.349 e. The fraction of sp³-hybridized carbons (Fsp3) is 0.300. The third-order valence-corrected chi connectivity index (χ3v) is 2.93. The van der Waals surface area contributed by atoms with E-state index in [1.807, 2.05) is 5.38 Å². The van der Waals surface area contributed by atoms with Gasteiger partial charge in [0.25, 0.3) is 0 Å². The van der Waals surface area contributed by atoms with Crippen molar-refractivity contribution in [2.75, 3.05) is 0 Å². The van der Waals surface area contributed by atoms with Crippen LogP contribution in [0.2, 0.25) is 0 Å². The van der Waals surface area contributed by atoms with Gasteiger partial charge in [0.2, 0.25) is 5.91 Å². The van der Waals surface area contributed by atoms with E-state index in [0.717, 1.165) is 5.69 Å². The molecule has 2 rings (SSSR count). The van der Waals surface area contributed by atoms with Crippen molar-refractivity contribution in [2.24, 2.45) is 12.8 Å². The Bertz CT molecular complexity index is 493. The number of nitrogens with zero attached hydrogens (tertiary/aromatic N) is 3. The SMILES string of the molecule is Cn1cc(C(N)C(=O)NCc2cscn2)cn1. The smallest absolute Gasteiger partial charge is 0.241 e. The zero-order valence-electron chi connectivity index (χ0n) is 9.33. The molecule has 0 saturated carbocycles. The van der Waals surface area contributed by atoms with Crippen molar-refractivity contribution in [1.82, 2.24) is 20.1 Å². The number of nitrogens with two attached hydrogens (primary N) is 1. The predicted molar refractivity (Wildman–Crippen MR) is 64.1 cm³/mol.